The van der Waals surface area contributed by atoms with Gasteiger partial charge in [-0.25, -0.2) is 12.7 Å². The zero-order valence-corrected chi connectivity index (χ0v) is 12.3. The van der Waals surface area contributed by atoms with E-state index in [0.29, 0.717) is 13.0 Å². The lowest BCUT2D eigenvalue weighted by atomic mass is 10.2. The Morgan fingerprint density at radius 1 is 1.00 bits per heavy atom. The number of pyridine rings is 1. The van der Waals surface area contributed by atoms with Gasteiger partial charge in [0.05, 0.1) is 5.75 Å². The van der Waals surface area contributed by atoms with Crippen LogP contribution in [0.4, 0.5) is 0 Å². The van der Waals surface area contributed by atoms with Gasteiger partial charge in [0.2, 0.25) is 10.0 Å². The van der Waals surface area contributed by atoms with E-state index in [1.807, 2.05) is 42.5 Å². The van der Waals surface area contributed by atoms with Crippen LogP contribution in [0.3, 0.4) is 0 Å². The van der Waals surface area contributed by atoms with E-state index in [4.69, 9.17) is 0 Å². The van der Waals surface area contributed by atoms with Gasteiger partial charge in [-0.1, -0.05) is 30.3 Å². The molecule has 0 saturated carbocycles. The molecule has 0 bridgehead atoms. The first-order valence-electron chi connectivity index (χ1n) is 6.45. The molecular formula is C15H18N2O2S. The summed E-state index contributed by atoms with van der Waals surface area (Å²) in [5.74, 6) is 0.124. The Balaban J connectivity index is 1.96. The summed E-state index contributed by atoms with van der Waals surface area (Å²) in [5.41, 5.74) is 1.97. The molecule has 20 heavy (non-hydrogen) atoms. The third-order valence-electron chi connectivity index (χ3n) is 3.12. The van der Waals surface area contributed by atoms with Gasteiger partial charge >= 0.3 is 0 Å². The number of hydrogen-bond acceptors (Lipinski definition) is 3. The van der Waals surface area contributed by atoms with Crippen molar-refractivity contribution < 1.29 is 8.42 Å². The molecule has 0 amide bonds. The molecule has 4 nitrogen and oxygen atoms in total. The fourth-order valence-electron chi connectivity index (χ4n) is 1.89. The zero-order chi connectivity index (χ0) is 14.4. The quantitative estimate of drug-likeness (QED) is 0.818. The van der Waals surface area contributed by atoms with Crippen LogP contribution in [-0.2, 0) is 23.0 Å². The predicted octanol–water partition coefficient (Wildman–Crippen LogP) is 2.09. The average molecular weight is 290 g/mol. The number of rotatable bonds is 6. The Kier molecular flexibility index (Phi) is 4.87. The number of benzene rings is 1. The summed E-state index contributed by atoms with van der Waals surface area (Å²) in [6.07, 6.45) is 3.86. The highest BCUT2D eigenvalue weighted by atomic mass is 32.2. The lowest BCUT2D eigenvalue weighted by Gasteiger charge is -2.17. The third-order valence-corrected chi connectivity index (χ3v) is 4.92. The minimum Gasteiger partial charge on any atom is -0.265 e. The average Bonchev–Trinajstić information content (AvgIpc) is 2.47. The molecular weight excluding hydrogens is 272 g/mol. The molecule has 0 spiro atoms. The smallest absolute Gasteiger partial charge is 0.214 e. The largest absolute Gasteiger partial charge is 0.265 e. The van der Waals surface area contributed by atoms with Crippen LogP contribution < -0.4 is 0 Å². The molecule has 0 aliphatic rings. The predicted molar refractivity (Wildman–Crippen MR) is 79.6 cm³/mol. The van der Waals surface area contributed by atoms with Crippen molar-refractivity contribution in [3.8, 4) is 0 Å². The van der Waals surface area contributed by atoms with Crippen molar-refractivity contribution in [1.82, 2.24) is 9.29 Å². The fourth-order valence-corrected chi connectivity index (χ4v) is 3.04. The third kappa shape index (κ3) is 4.15. The number of hydrogen-bond donors (Lipinski definition) is 0. The second kappa shape index (κ2) is 6.63. The van der Waals surface area contributed by atoms with E-state index in [0.717, 1.165) is 11.1 Å². The lowest BCUT2D eigenvalue weighted by Crippen LogP contribution is -2.29. The normalized spacial score (nSPS) is 11.7. The van der Waals surface area contributed by atoms with Crippen molar-refractivity contribution in [2.24, 2.45) is 0 Å². The van der Waals surface area contributed by atoms with E-state index in [1.165, 1.54) is 4.31 Å². The molecule has 1 aromatic carbocycles. The summed E-state index contributed by atoms with van der Waals surface area (Å²) in [6, 6.07) is 13.3. The van der Waals surface area contributed by atoms with E-state index in [2.05, 4.69) is 4.98 Å². The molecule has 0 aliphatic carbocycles. The fraction of sp³-hybridized carbons (Fsp3) is 0.267. The Morgan fingerprint density at radius 2 is 1.65 bits per heavy atom. The first-order chi connectivity index (χ1) is 9.58. The summed E-state index contributed by atoms with van der Waals surface area (Å²) >= 11 is 0. The number of aromatic nitrogens is 1. The van der Waals surface area contributed by atoms with Gasteiger partial charge in [-0.05, 0) is 29.7 Å². The lowest BCUT2D eigenvalue weighted by molar-refractivity contribution is 0.466. The summed E-state index contributed by atoms with van der Waals surface area (Å²) < 4.78 is 25.8. The van der Waals surface area contributed by atoms with Gasteiger partial charge in [0.15, 0.2) is 0 Å². The molecule has 1 heterocycles. The van der Waals surface area contributed by atoms with Gasteiger partial charge in [-0.3, -0.25) is 4.98 Å². The van der Waals surface area contributed by atoms with Crippen molar-refractivity contribution >= 4 is 10.0 Å². The van der Waals surface area contributed by atoms with Crippen molar-refractivity contribution in [2.45, 2.75) is 13.0 Å². The number of sulfonamides is 1. The van der Waals surface area contributed by atoms with Crippen LogP contribution >= 0.6 is 0 Å². The van der Waals surface area contributed by atoms with Gasteiger partial charge in [0.25, 0.3) is 0 Å². The molecule has 2 aromatic rings. The van der Waals surface area contributed by atoms with E-state index < -0.39 is 10.0 Å². The summed E-state index contributed by atoms with van der Waals surface area (Å²) in [5, 5.41) is 0. The summed E-state index contributed by atoms with van der Waals surface area (Å²) in [7, 11) is -1.63. The molecule has 0 radical (unpaired) electrons. The summed E-state index contributed by atoms with van der Waals surface area (Å²) in [6.45, 7) is 0.375. The Hall–Kier alpha value is -1.72. The SMILES string of the molecule is CN(Cc1ccncc1)S(=O)(=O)CCc1ccccc1. The topological polar surface area (TPSA) is 50.3 Å². The second-order valence-electron chi connectivity index (χ2n) is 4.66. The van der Waals surface area contributed by atoms with Gasteiger partial charge in [0, 0.05) is 26.0 Å². The molecule has 2 rings (SSSR count). The van der Waals surface area contributed by atoms with Gasteiger partial charge in [-0.15, -0.1) is 0 Å². The monoisotopic (exact) mass is 290 g/mol. The highest BCUT2D eigenvalue weighted by Crippen LogP contribution is 2.09. The molecule has 0 fully saturated rings. The standard InChI is InChI=1S/C15H18N2O2S/c1-17(13-15-7-10-16-11-8-15)20(18,19)12-9-14-5-3-2-4-6-14/h2-8,10-11H,9,12-13H2,1H3. The first kappa shape index (κ1) is 14.7. The van der Waals surface area contributed by atoms with E-state index in [9.17, 15) is 8.42 Å². The van der Waals surface area contributed by atoms with Gasteiger partial charge in [0.1, 0.15) is 0 Å². The maximum absolute atomic E-state index is 12.2. The Morgan fingerprint density at radius 3 is 2.30 bits per heavy atom. The highest BCUT2D eigenvalue weighted by molar-refractivity contribution is 7.89. The van der Waals surface area contributed by atoms with Crippen molar-refractivity contribution in [1.29, 1.82) is 0 Å². The molecule has 0 N–H and O–H groups in total. The van der Waals surface area contributed by atoms with E-state index in [1.54, 1.807) is 19.4 Å². The zero-order valence-electron chi connectivity index (χ0n) is 11.4. The Labute approximate surface area is 120 Å². The maximum Gasteiger partial charge on any atom is 0.214 e. The Bertz CT molecular complexity index is 627. The number of aryl methyl sites for hydroxylation is 1. The van der Waals surface area contributed by atoms with Crippen LogP contribution in [0, 0.1) is 0 Å². The van der Waals surface area contributed by atoms with Gasteiger partial charge in [-0.2, -0.15) is 0 Å². The van der Waals surface area contributed by atoms with Crippen LogP contribution in [0.1, 0.15) is 11.1 Å². The highest BCUT2D eigenvalue weighted by Gasteiger charge is 2.17. The summed E-state index contributed by atoms with van der Waals surface area (Å²) in [4.78, 5) is 3.92. The van der Waals surface area contributed by atoms with Crippen LogP contribution in [0.2, 0.25) is 0 Å². The van der Waals surface area contributed by atoms with E-state index in [-0.39, 0.29) is 5.75 Å². The molecule has 5 heteroatoms. The molecule has 106 valence electrons. The number of nitrogens with zero attached hydrogens (tertiary/aromatic N) is 2. The van der Waals surface area contributed by atoms with Crippen LogP contribution in [0.5, 0.6) is 0 Å². The molecule has 0 atom stereocenters. The van der Waals surface area contributed by atoms with Crippen LogP contribution in [0.25, 0.3) is 0 Å². The van der Waals surface area contributed by atoms with Crippen molar-refractivity contribution in [2.75, 3.05) is 12.8 Å². The van der Waals surface area contributed by atoms with E-state index >= 15 is 0 Å². The van der Waals surface area contributed by atoms with Crippen LogP contribution in [0.15, 0.2) is 54.9 Å². The van der Waals surface area contributed by atoms with Crippen molar-refractivity contribution in [3.05, 3.63) is 66.0 Å². The minimum absolute atomic E-state index is 0.124. The maximum atomic E-state index is 12.2. The molecule has 0 saturated heterocycles. The van der Waals surface area contributed by atoms with Crippen LogP contribution in [-0.4, -0.2) is 30.5 Å². The molecule has 0 aliphatic heterocycles. The van der Waals surface area contributed by atoms with Crippen molar-refractivity contribution in [3.63, 3.8) is 0 Å². The molecule has 0 unspecified atom stereocenters. The minimum atomic E-state index is -3.24. The molecule has 1 aromatic heterocycles. The second-order valence-corrected chi connectivity index (χ2v) is 6.86. The van der Waals surface area contributed by atoms with Gasteiger partial charge < -0.3 is 0 Å². The first-order valence-corrected chi connectivity index (χ1v) is 8.06.